The van der Waals surface area contributed by atoms with E-state index in [9.17, 15) is 4.79 Å². The number of nitrogens with one attached hydrogen (secondary N) is 2. The molecule has 1 amide bonds. The van der Waals surface area contributed by atoms with Gasteiger partial charge in [0.15, 0.2) is 0 Å². The molecule has 27 heavy (non-hydrogen) atoms. The summed E-state index contributed by atoms with van der Waals surface area (Å²) in [7, 11) is 0. The Morgan fingerprint density at radius 1 is 1.11 bits per heavy atom. The number of carbonyl (C=O) groups is 1. The number of benzene rings is 2. The molecule has 4 nitrogen and oxygen atoms in total. The van der Waals surface area contributed by atoms with Crippen molar-refractivity contribution >= 4 is 5.91 Å². The van der Waals surface area contributed by atoms with Crippen molar-refractivity contribution in [3.63, 3.8) is 0 Å². The third-order valence-electron chi connectivity index (χ3n) is 5.75. The number of aromatic nitrogens is 2. The van der Waals surface area contributed by atoms with Crippen LogP contribution in [0.1, 0.15) is 52.5 Å². The number of aromatic amines is 1. The summed E-state index contributed by atoms with van der Waals surface area (Å²) >= 11 is 0. The molecule has 1 unspecified atom stereocenters. The lowest BCUT2D eigenvalue weighted by molar-refractivity contribution is 0.0889. The third-order valence-corrected chi connectivity index (χ3v) is 5.75. The first-order valence-corrected chi connectivity index (χ1v) is 9.50. The van der Waals surface area contributed by atoms with Crippen LogP contribution < -0.4 is 5.32 Å². The van der Waals surface area contributed by atoms with Crippen LogP contribution in [0.3, 0.4) is 0 Å². The molecule has 1 aliphatic rings. The number of nitrogens with zero attached hydrogens (tertiary/aromatic N) is 1. The van der Waals surface area contributed by atoms with Gasteiger partial charge in [-0.2, -0.15) is 5.10 Å². The highest BCUT2D eigenvalue weighted by molar-refractivity contribution is 5.94. The van der Waals surface area contributed by atoms with Crippen molar-refractivity contribution in [2.24, 2.45) is 0 Å². The monoisotopic (exact) mass is 359 g/mol. The van der Waals surface area contributed by atoms with Gasteiger partial charge in [0.2, 0.25) is 0 Å². The summed E-state index contributed by atoms with van der Waals surface area (Å²) < 4.78 is 0. The van der Waals surface area contributed by atoms with Crippen LogP contribution in [-0.2, 0) is 12.0 Å². The van der Waals surface area contributed by atoms with Gasteiger partial charge in [0.25, 0.3) is 5.91 Å². The highest BCUT2D eigenvalue weighted by Gasteiger charge is 2.33. The maximum atomic E-state index is 12.9. The molecule has 0 radical (unpaired) electrons. The molecule has 4 rings (SSSR count). The van der Waals surface area contributed by atoms with Crippen molar-refractivity contribution in [3.05, 3.63) is 76.5 Å². The van der Waals surface area contributed by atoms with Crippen LogP contribution in [0.4, 0.5) is 0 Å². The fourth-order valence-corrected chi connectivity index (χ4v) is 3.98. The zero-order valence-corrected chi connectivity index (χ0v) is 16.1. The summed E-state index contributed by atoms with van der Waals surface area (Å²) in [5.41, 5.74) is 6.96. The predicted octanol–water partition coefficient (Wildman–Crippen LogP) is 4.68. The van der Waals surface area contributed by atoms with E-state index in [1.807, 2.05) is 18.2 Å². The molecule has 0 bridgehead atoms. The Bertz CT molecular complexity index is 1000. The van der Waals surface area contributed by atoms with Gasteiger partial charge in [0.1, 0.15) is 5.69 Å². The first-order chi connectivity index (χ1) is 13.0. The molecule has 2 N–H and O–H groups in total. The molecule has 3 aromatic rings. The lowest BCUT2D eigenvalue weighted by atomic mass is 9.77. The van der Waals surface area contributed by atoms with Gasteiger partial charge in [-0.25, -0.2) is 0 Å². The molecular weight excluding hydrogens is 334 g/mol. The largest absolute Gasteiger partial charge is 0.341 e. The number of aryl methyl sites for hydroxylation is 3. The average molecular weight is 359 g/mol. The van der Waals surface area contributed by atoms with Crippen molar-refractivity contribution < 1.29 is 4.79 Å². The van der Waals surface area contributed by atoms with Gasteiger partial charge in [-0.15, -0.1) is 0 Å². The number of amides is 1. The Kier molecular flexibility index (Phi) is 4.34. The fraction of sp³-hybridized carbons (Fsp3) is 0.304. The van der Waals surface area contributed by atoms with Crippen LogP contribution in [0.2, 0.25) is 0 Å². The van der Waals surface area contributed by atoms with Gasteiger partial charge in [-0.3, -0.25) is 9.89 Å². The highest BCUT2D eigenvalue weighted by Crippen LogP contribution is 2.35. The minimum absolute atomic E-state index is 0.114. The Morgan fingerprint density at radius 2 is 1.93 bits per heavy atom. The van der Waals surface area contributed by atoms with Gasteiger partial charge in [0, 0.05) is 5.56 Å². The van der Waals surface area contributed by atoms with Crippen molar-refractivity contribution in [1.82, 2.24) is 15.5 Å². The van der Waals surface area contributed by atoms with Crippen molar-refractivity contribution in [1.29, 1.82) is 0 Å². The molecule has 1 atom stereocenters. The van der Waals surface area contributed by atoms with E-state index >= 15 is 0 Å². The first-order valence-electron chi connectivity index (χ1n) is 9.50. The fourth-order valence-electron chi connectivity index (χ4n) is 3.98. The molecule has 138 valence electrons. The van der Waals surface area contributed by atoms with E-state index in [1.165, 1.54) is 22.3 Å². The van der Waals surface area contributed by atoms with Crippen LogP contribution in [0.5, 0.6) is 0 Å². The van der Waals surface area contributed by atoms with Gasteiger partial charge < -0.3 is 5.32 Å². The van der Waals surface area contributed by atoms with Gasteiger partial charge in [0.05, 0.1) is 11.2 Å². The first kappa shape index (κ1) is 17.5. The Hall–Kier alpha value is -2.88. The maximum absolute atomic E-state index is 12.9. The predicted molar refractivity (Wildman–Crippen MR) is 108 cm³/mol. The van der Waals surface area contributed by atoms with E-state index in [4.69, 9.17) is 0 Å². The standard InChI is InChI=1S/C23H25N3O/c1-15-10-11-18(13-16(15)2)20-14-21(26-25-20)22(27)24-23(3)12-6-8-17-7-4-5-9-19(17)23/h4-5,7,9-11,13-14H,6,8,12H2,1-3H3,(H,24,27)(H,25,26). The minimum atomic E-state index is -0.350. The summed E-state index contributed by atoms with van der Waals surface area (Å²) in [6.07, 6.45) is 3.08. The van der Waals surface area contributed by atoms with Gasteiger partial charge in [-0.1, -0.05) is 36.4 Å². The molecule has 0 fully saturated rings. The maximum Gasteiger partial charge on any atom is 0.269 e. The van der Waals surface area contributed by atoms with Crippen LogP contribution in [0.25, 0.3) is 11.3 Å². The SMILES string of the molecule is Cc1ccc(-c2cc(C(=O)NC3(C)CCCc4ccccc43)[nH]n2)cc1C. The Labute approximate surface area is 160 Å². The summed E-state index contributed by atoms with van der Waals surface area (Å²) in [4.78, 5) is 12.9. The lowest BCUT2D eigenvalue weighted by Gasteiger charge is -2.36. The second-order valence-corrected chi connectivity index (χ2v) is 7.76. The molecule has 1 aromatic heterocycles. The van der Waals surface area contributed by atoms with E-state index in [1.54, 1.807) is 0 Å². The van der Waals surface area contributed by atoms with E-state index in [2.05, 4.69) is 66.6 Å². The number of fused-ring (bicyclic) bond motifs is 1. The van der Waals surface area contributed by atoms with E-state index in [-0.39, 0.29) is 11.4 Å². The highest BCUT2D eigenvalue weighted by atomic mass is 16.2. The summed E-state index contributed by atoms with van der Waals surface area (Å²) in [6, 6.07) is 16.5. The van der Waals surface area contributed by atoms with Crippen molar-refractivity contribution in [3.8, 4) is 11.3 Å². The summed E-state index contributed by atoms with van der Waals surface area (Å²) in [5, 5.41) is 10.5. The Balaban J connectivity index is 1.58. The Morgan fingerprint density at radius 3 is 2.74 bits per heavy atom. The number of hydrogen-bond acceptors (Lipinski definition) is 2. The van der Waals surface area contributed by atoms with Crippen molar-refractivity contribution in [2.75, 3.05) is 0 Å². The lowest BCUT2D eigenvalue weighted by Crippen LogP contribution is -2.45. The molecule has 0 saturated carbocycles. The number of carbonyl (C=O) groups excluding carboxylic acids is 1. The normalized spacial score (nSPS) is 18.8. The molecule has 0 saturated heterocycles. The molecule has 2 aromatic carbocycles. The molecule has 1 heterocycles. The molecule has 1 aliphatic carbocycles. The number of hydrogen-bond donors (Lipinski definition) is 2. The zero-order valence-electron chi connectivity index (χ0n) is 16.1. The third kappa shape index (κ3) is 3.27. The van der Waals surface area contributed by atoms with E-state index in [0.29, 0.717) is 5.69 Å². The number of rotatable bonds is 3. The van der Waals surface area contributed by atoms with Crippen LogP contribution >= 0.6 is 0 Å². The smallest absolute Gasteiger partial charge is 0.269 e. The zero-order chi connectivity index (χ0) is 19.0. The second-order valence-electron chi connectivity index (χ2n) is 7.76. The van der Waals surface area contributed by atoms with Gasteiger partial charge >= 0.3 is 0 Å². The topological polar surface area (TPSA) is 57.8 Å². The van der Waals surface area contributed by atoms with Crippen molar-refractivity contribution in [2.45, 2.75) is 45.6 Å². The van der Waals surface area contributed by atoms with E-state index in [0.717, 1.165) is 30.5 Å². The summed E-state index contributed by atoms with van der Waals surface area (Å²) in [6.45, 7) is 6.29. The quantitative estimate of drug-likeness (QED) is 0.714. The molecular formula is C23H25N3O. The molecule has 0 spiro atoms. The molecule has 4 heteroatoms. The van der Waals surface area contributed by atoms with E-state index < -0.39 is 0 Å². The van der Waals surface area contributed by atoms with Gasteiger partial charge in [-0.05, 0) is 74.4 Å². The molecule has 0 aliphatic heterocycles. The van der Waals surface area contributed by atoms with Crippen LogP contribution in [0.15, 0.2) is 48.5 Å². The summed E-state index contributed by atoms with van der Waals surface area (Å²) in [5.74, 6) is -0.114. The van der Waals surface area contributed by atoms with Crippen LogP contribution in [-0.4, -0.2) is 16.1 Å². The number of H-pyrrole nitrogens is 1. The van der Waals surface area contributed by atoms with Crippen LogP contribution in [0, 0.1) is 13.8 Å². The minimum Gasteiger partial charge on any atom is -0.341 e. The second kappa shape index (κ2) is 6.69. The average Bonchev–Trinajstić information content (AvgIpc) is 3.15.